The molecule has 100 valence electrons. The lowest BCUT2D eigenvalue weighted by Gasteiger charge is -2.09. The minimum atomic E-state index is -0.654. The van der Waals surface area contributed by atoms with Gasteiger partial charge in [-0.25, -0.2) is 4.39 Å². The van der Waals surface area contributed by atoms with Gasteiger partial charge in [-0.15, -0.1) is 0 Å². The number of carbonyl (C=O) groups is 1. The third-order valence-corrected chi connectivity index (χ3v) is 2.72. The van der Waals surface area contributed by atoms with Crippen LogP contribution in [0, 0.1) is 17.1 Å². The van der Waals surface area contributed by atoms with Gasteiger partial charge in [-0.2, -0.15) is 5.26 Å². The summed E-state index contributed by atoms with van der Waals surface area (Å²) in [5.41, 5.74) is 6.21. The van der Waals surface area contributed by atoms with Crippen LogP contribution in [0.4, 0.5) is 10.1 Å². The van der Waals surface area contributed by atoms with Crippen molar-refractivity contribution in [2.45, 2.75) is 6.92 Å². The Balaban J connectivity index is 2.37. The van der Waals surface area contributed by atoms with Gasteiger partial charge < -0.3 is 10.5 Å². The maximum absolute atomic E-state index is 13.4. The molecule has 2 aromatic carbocycles. The van der Waals surface area contributed by atoms with Crippen molar-refractivity contribution in [3.8, 4) is 17.6 Å². The molecule has 0 aliphatic carbocycles. The monoisotopic (exact) mass is 270 g/mol. The molecule has 0 unspecified atom stereocenters. The number of nitrogens with zero attached hydrogens (tertiary/aromatic N) is 1. The van der Waals surface area contributed by atoms with Crippen molar-refractivity contribution in [1.82, 2.24) is 0 Å². The largest absolute Gasteiger partial charge is 0.456 e. The standard InChI is InChI=1S/C15H11FN2O2/c1-9(19)11-6-5-10(7-14(11)18)20-15-4-2-3-13(16)12(15)8-17/h2-7H,18H2,1H3. The molecule has 0 aliphatic heterocycles. The number of Topliss-reactive ketones (excluding diaryl/α,β-unsaturated/α-hetero) is 1. The predicted molar refractivity (Wildman–Crippen MR) is 72.0 cm³/mol. The number of ether oxygens (including phenoxy) is 1. The van der Waals surface area contributed by atoms with Gasteiger partial charge in [-0.3, -0.25) is 4.79 Å². The number of ketones is 1. The summed E-state index contributed by atoms with van der Waals surface area (Å²) in [4.78, 5) is 11.3. The molecule has 0 aliphatic rings. The maximum atomic E-state index is 13.4. The number of hydrogen-bond acceptors (Lipinski definition) is 4. The highest BCUT2D eigenvalue weighted by molar-refractivity contribution is 5.99. The SMILES string of the molecule is CC(=O)c1ccc(Oc2cccc(F)c2C#N)cc1N. The molecule has 0 aromatic heterocycles. The summed E-state index contributed by atoms with van der Waals surface area (Å²) in [7, 11) is 0. The topological polar surface area (TPSA) is 76.1 Å². The zero-order valence-electron chi connectivity index (χ0n) is 10.7. The quantitative estimate of drug-likeness (QED) is 0.686. The van der Waals surface area contributed by atoms with E-state index in [1.807, 2.05) is 0 Å². The minimum Gasteiger partial charge on any atom is -0.456 e. The third-order valence-electron chi connectivity index (χ3n) is 2.72. The van der Waals surface area contributed by atoms with Crippen LogP contribution in [0.15, 0.2) is 36.4 Å². The molecular weight excluding hydrogens is 259 g/mol. The second-order valence-electron chi connectivity index (χ2n) is 4.13. The lowest BCUT2D eigenvalue weighted by molar-refractivity contribution is 0.101. The van der Waals surface area contributed by atoms with Crippen LogP contribution in [-0.4, -0.2) is 5.78 Å². The summed E-state index contributed by atoms with van der Waals surface area (Å²) in [6.45, 7) is 1.41. The van der Waals surface area contributed by atoms with Gasteiger partial charge in [-0.1, -0.05) is 6.07 Å². The molecule has 0 saturated heterocycles. The lowest BCUT2D eigenvalue weighted by Crippen LogP contribution is -2.00. The van der Waals surface area contributed by atoms with E-state index in [4.69, 9.17) is 15.7 Å². The van der Waals surface area contributed by atoms with Crippen LogP contribution in [0.3, 0.4) is 0 Å². The van der Waals surface area contributed by atoms with Crippen molar-refractivity contribution in [3.05, 3.63) is 53.3 Å². The normalized spacial score (nSPS) is 9.85. The van der Waals surface area contributed by atoms with Gasteiger partial charge in [0.05, 0.1) is 0 Å². The zero-order chi connectivity index (χ0) is 14.7. The molecule has 0 fully saturated rings. The number of rotatable bonds is 3. The Morgan fingerprint density at radius 3 is 2.70 bits per heavy atom. The fourth-order valence-electron chi connectivity index (χ4n) is 1.75. The Labute approximate surface area is 115 Å². The molecule has 2 aromatic rings. The Bertz CT molecular complexity index is 720. The van der Waals surface area contributed by atoms with E-state index in [9.17, 15) is 9.18 Å². The second kappa shape index (κ2) is 5.41. The summed E-state index contributed by atoms with van der Waals surface area (Å²) in [6.07, 6.45) is 0. The molecular formula is C15H11FN2O2. The Morgan fingerprint density at radius 1 is 1.35 bits per heavy atom. The van der Waals surface area contributed by atoms with Gasteiger partial charge >= 0.3 is 0 Å². The van der Waals surface area contributed by atoms with Crippen LogP contribution in [0.2, 0.25) is 0 Å². The fourth-order valence-corrected chi connectivity index (χ4v) is 1.75. The Kier molecular flexibility index (Phi) is 3.67. The van der Waals surface area contributed by atoms with Crippen molar-refractivity contribution in [2.24, 2.45) is 0 Å². The number of nitrogens with two attached hydrogens (primary N) is 1. The molecule has 0 spiro atoms. The molecule has 0 atom stereocenters. The molecule has 0 heterocycles. The van der Waals surface area contributed by atoms with E-state index < -0.39 is 5.82 Å². The van der Waals surface area contributed by atoms with Gasteiger partial charge in [0.15, 0.2) is 5.78 Å². The van der Waals surface area contributed by atoms with Gasteiger partial charge in [0.2, 0.25) is 0 Å². The predicted octanol–water partition coefficient (Wildman–Crippen LogP) is 3.27. The highest BCUT2D eigenvalue weighted by atomic mass is 19.1. The van der Waals surface area contributed by atoms with Crippen molar-refractivity contribution >= 4 is 11.5 Å². The fraction of sp³-hybridized carbons (Fsp3) is 0.0667. The van der Waals surface area contributed by atoms with E-state index in [0.717, 1.165) is 0 Å². The zero-order valence-corrected chi connectivity index (χ0v) is 10.7. The number of anilines is 1. The summed E-state index contributed by atoms with van der Waals surface area (Å²) in [5, 5.41) is 8.91. The Morgan fingerprint density at radius 2 is 2.10 bits per heavy atom. The molecule has 0 radical (unpaired) electrons. The van der Waals surface area contributed by atoms with E-state index in [-0.39, 0.29) is 22.8 Å². The first-order valence-electron chi connectivity index (χ1n) is 5.80. The summed E-state index contributed by atoms with van der Waals surface area (Å²) >= 11 is 0. The second-order valence-corrected chi connectivity index (χ2v) is 4.13. The van der Waals surface area contributed by atoms with Gasteiger partial charge in [0.1, 0.15) is 28.9 Å². The molecule has 5 heteroatoms. The van der Waals surface area contributed by atoms with Crippen molar-refractivity contribution in [1.29, 1.82) is 5.26 Å². The number of nitrogen functional groups attached to an aromatic ring is 1. The number of carbonyl (C=O) groups excluding carboxylic acids is 1. The molecule has 2 rings (SSSR count). The number of halogens is 1. The van der Waals surface area contributed by atoms with Crippen molar-refractivity contribution < 1.29 is 13.9 Å². The van der Waals surface area contributed by atoms with Crippen LogP contribution < -0.4 is 10.5 Å². The summed E-state index contributed by atoms with van der Waals surface area (Å²) in [6, 6.07) is 10.4. The van der Waals surface area contributed by atoms with E-state index in [2.05, 4.69) is 0 Å². The van der Waals surface area contributed by atoms with E-state index in [1.54, 1.807) is 12.1 Å². The first-order valence-corrected chi connectivity index (χ1v) is 5.80. The third kappa shape index (κ3) is 2.59. The van der Waals surface area contributed by atoms with Crippen molar-refractivity contribution in [3.63, 3.8) is 0 Å². The molecule has 0 bridgehead atoms. The van der Waals surface area contributed by atoms with E-state index >= 15 is 0 Å². The lowest BCUT2D eigenvalue weighted by atomic mass is 10.1. The van der Waals surface area contributed by atoms with Crippen LogP contribution in [0.25, 0.3) is 0 Å². The van der Waals surface area contributed by atoms with Crippen LogP contribution >= 0.6 is 0 Å². The summed E-state index contributed by atoms with van der Waals surface area (Å²) in [5.74, 6) is -0.382. The average molecular weight is 270 g/mol. The van der Waals surface area contributed by atoms with Crippen LogP contribution in [0.5, 0.6) is 11.5 Å². The summed E-state index contributed by atoms with van der Waals surface area (Å²) < 4.78 is 18.9. The highest BCUT2D eigenvalue weighted by Gasteiger charge is 2.11. The number of nitriles is 1. The molecule has 2 N–H and O–H groups in total. The van der Waals surface area contributed by atoms with E-state index in [1.165, 1.54) is 37.3 Å². The molecule has 0 amide bonds. The smallest absolute Gasteiger partial charge is 0.161 e. The average Bonchev–Trinajstić information content (AvgIpc) is 2.38. The van der Waals surface area contributed by atoms with E-state index in [0.29, 0.717) is 11.3 Å². The van der Waals surface area contributed by atoms with Crippen LogP contribution in [-0.2, 0) is 0 Å². The van der Waals surface area contributed by atoms with Gasteiger partial charge in [0.25, 0.3) is 0 Å². The number of benzene rings is 2. The van der Waals surface area contributed by atoms with Crippen LogP contribution in [0.1, 0.15) is 22.8 Å². The highest BCUT2D eigenvalue weighted by Crippen LogP contribution is 2.29. The van der Waals surface area contributed by atoms with Gasteiger partial charge in [-0.05, 0) is 31.2 Å². The van der Waals surface area contributed by atoms with Gasteiger partial charge in [0, 0.05) is 17.3 Å². The maximum Gasteiger partial charge on any atom is 0.161 e. The minimum absolute atomic E-state index is 0.0995. The first-order chi connectivity index (χ1) is 9.52. The molecule has 0 saturated carbocycles. The number of hydrogen-bond donors (Lipinski definition) is 1. The molecule has 20 heavy (non-hydrogen) atoms. The molecule has 4 nitrogen and oxygen atoms in total. The first kappa shape index (κ1) is 13.6. The Hall–Kier alpha value is -2.87. The van der Waals surface area contributed by atoms with Crippen molar-refractivity contribution in [2.75, 3.05) is 5.73 Å².